The summed E-state index contributed by atoms with van der Waals surface area (Å²) >= 11 is 0. The molecule has 2 atom stereocenters. The summed E-state index contributed by atoms with van der Waals surface area (Å²) in [6, 6.07) is 6.09. The van der Waals surface area contributed by atoms with Crippen molar-refractivity contribution in [2.45, 2.75) is 44.9 Å². The Labute approximate surface area is 163 Å². The highest BCUT2D eigenvalue weighted by Gasteiger charge is 2.36. The normalized spacial score (nSPS) is 21.0. The predicted molar refractivity (Wildman–Crippen MR) is 105 cm³/mol. The smallest absolute Gasteiger partial charge is 0.223 e. The van der Waals surface area contributed by atoms with Gasteiger partial charge < -0.3 is 19.1 Å². The number of rotatable bonds is 9. The first-order valence-electron chi connectivity index (χ1n) is 10.2. The van der Waals surface area contributed by atoms with E-state index in [2.05, 4.69) is 11.0 Å². The lowest BCUT2D eigenvalue weighted by Crippen LogP contribution is -2.41. The number of hydrogen-bond acceptors (Lipinski definition) is 4. The van der Waals surface area contributed by atoms with E-state index in [9.17, 15) is 4.79 Å². The molecule has 0 radical (unpaired) electrons. The van der Waals surface area contributed by atoms with Crippen molar-refractivity contribution in [3.05, 3.63) is 23.8 Å². The zero-order valence-electron chi connectivity index (χ0n) is 16.9. The van der Waals surface area contributed by atoms with E-state index in [0.29, 0.717) is 18.3 Å². The number of likely N-dealkylation sites (tertiary alicyclic amines) is 1. The first-order chi connectivity index (χ1) is 13.2. The molecule has 0 bridgehead atoms. The minimum absolute atomic E-state index is 0.268. The average molecular weight is 376 g/mol. The van der Waals surface area contributed by atoms with Gasteiger partial charge >= 0.3 is 0 Å². The molecule has 0 spiro atoms. The summed E-state index contributed by atoms with van der Waals surface area (Å²) in [6.45, 7) is 5.25. The first kappa shape index (κ1) is 20.0. The van der Waals surface area contributed by atoms with Gasteiger partial charge in [0.15, 0.2) is 11.5 Å². The number of benzene rings is 1. The fourth-order valence-electron chi connectivity index (χ4n) is 4.17. The lowest BCUT2D eigenvalue weighted by Gasteiger charge is -2.33. The van der Waals surface area contributed by atoms with Gasteiger partial charge in [0.05, 0.1) is 20.8 Å². The van der Waals surface area contributed by atoms with E-state index in [4.69, 9.17) is 14.2 Å². The molecule has 2 fully saturated rings. The molecule has 1 aromatic carbocycles. The molecule has 1 amide bonds. The summed E-state index contributed by atoms with van der Waals surface area (Å²) in [4.78, 5) is 15.1. The maximum absolute atomic E-state index is 13.0. The topological polar surface area (TPSA) is 48.0 Å². The lowest BCUT2D eigenvalue weighted by atomic mass is 9.89. The van der Waals surface area contributed by atoms with Crippen molar-refractivity contribution in [1.29, 1.82) is 0 Å². The van der Waals surface area contributed by atoms with Crippen LogP contribution in [0, 0.1) is 11.8 Å². The molecule has 0 aromatic heterocycles. The minimum Gasteiger partial charge on any atom is -0.493 e. The maximum Gasteiger partial charge on any atom is 0.223 e. The molecule has 2 unspecified atom stereocenters. The summed E-state index contributed by atoms with van der Waals surface area (Å²) in [5.74, 6) is 3.10. The predicted octanol–water partition coefficient (Wildman–Crippen LogP) is 3.86. The molecule has 1 aliphatic heterocycles. The van der Waals surface area contributed by atoms with Crippen LogP contribution in [0.5, 0.6) is 11.5 Å². The standard InChI is InChI=1S/C22H33NO4/c1-4-27-15-16-6-5-11-23(14-16)22(24)13-19(17-7-8-17)18-9-10-20(25-2)21(12-18)26-3/h9-10,12,16-17,19H,4-8,11,13-15H2,1-3H3. The summed E-state index contributed by atoms with van der Waals surface area (Å²) < 4.78 is 16.4. The number of piperidine rings is 1. The van der Waals surface area contributed by atoms with Gasteiger partial charge in [0.2, 0.25) is 5.91 Å². The van der Waals surface area contributed by atoms with Gasteiger partial charge in [-0.15, -0.1) is 0 Å². The second-order valence-electron chi connectivity index (χ2n) is 7.77. The highest BCUT2D eigenvalue weighted by atomic mass is 16.5. The number of carbonyl (C=O) groups excluding carboxylic acids is 1. The highest BCUT2D eigenvalue weighted by Crippen LogP contribution is 2.46. The summed E-state index contributed by atoms with van der Waals surface area (Å²) in [5, 5.41) is 0. The van der Waals surface area contributed by atoms with Gasteiger partial charge in [0.25, 0.3) is 0 Å². The third-order valence-electron chi connectivity index (χ3n) is 5.85. The third-order valence-corrected chi connectivity index (χ3v) is 5.85. The number of carbonyl (C=O) groups is 1. The van der Waals surface area contributed by atoms with Crippen LogP contribution in [0.4, 0.5) is 0 Å². The first-order valence-corrected chi connectivity index (χ1v) is 10.2. The van der Waals surface area contributed by atoms with Crippen LogP contribution in [-0.2, 0) is 9.53 Å². The Morgan fingerprint density at radius 1 is 1.19 bits per heavy atom. The van der Waals surface area contributed by atoms with E-state index in [1.54, 1.807) is 14.2 Å². The van der Waals surface area contributed by atoms with Gasteiger partial charge in [-0.2, -0.15) is 0 Å². The third kappa shape index (κ3) is 5.16. The monoisotopic (exact) mass is 375 g/mol. The molecular formula is C22H33NO4. The Hall–Kier alpha value is -1.75. The van der Waals surface area contributed by atoms with Crippen molar-refractivity contribution in [1.82, 2.24) is 4.90 Å². The van der Waals surface area contributed by atoms with Crippen molar-refractivity contribution < 1.29 is 19.0 Å². The Morgan fingerprint density at radius 2 is 1.96 bits per heavy atom. The van der Waals surface area contributed by atoms with Crippen molar-refractivity contribution in [3.63, 3.8) is 0 Å². The second-order valence-corrected chi connectivity index (χ2v) is 7.77. The Morgan fingerprint density at radius 3 is 2.63 bits per heavy atom. The lowest BCUT2D eigenvalue weighted by molar-refractivity contribution is -0.134. The van der Waals surface area contributed by atoms with E-state index >= 15 is 0 Å². The van der Waals surface area contributed by atoms with Crippen LogP contribution in [0.2, 0.25) is 0 Å². The number of nitrogens with zero attached hydrogens (tertiary/aromatic N) is 1. The van der Waals surface area contributed by atoms with Crippen LogP contribution in [0.3, 0.4) is 0 Å². The molecular weight excluding hydrogens is 342 g/mol. The molecule has 1 heterocycles. The van der Waals surface area contributed by atoms with E-state index in [1.807, 2.05) is 19.1 Å². The van der Waals surface area contributed by atoms with Gasteiger partial charge in [-0.1, -0.05) is 6.07 Å². The summed E-state index contributed by atoms with van der Waals surface area (Å²) in [6.07, 6.45) is 5.24. The molecule has 1 saturated heterocycles. The van der Waals surface area contributed by atoms with Crippen molar-refractivity contribution in [2.75, 3.05) is 40.5 Å². The molecule has 150 valence electrons. The quantitative estimate of drug-likeness (QED) is 0.657. The van der Waals surface area contributed by atoms with Crippen LogP contribution >= 0.6 is 0 Å². The van der Waals surface area contributed by atoms with Crippen LogP contribution in [0.15, 0.2) is 18.2 Å². The molecule has 1 aromatic rings. The van der Waals surface area contributed by atoms with Crippen LogP contribution in [-0.4, -0.2) is 51.3 Å². The van der Waals surface area contributed by atoms with Crippen LogP contribution in [0.1, 0.15) is 50.5 Å². The number of ether oxygens (including phenoxy) is 3. The van der Waals surface area contributed by atoms with Gasteiger partial charge in [0.1, 0.15) is 0 Å². The Kier molecular flexibility index (Phi) is 7.00. The highest BCUT2D eigenvalue weighted by molar-refractivity contribution is 5.77. The van der Waals surface area contributed by atoms with E-state index in [1.165, 1.54) is 18.4 Å². The number of hydrogen-bond donors (Lipinski definition) is 0. The molecule has 5 heteroatoms. The average Bonchev–Trinajstić information content (AvgIpc) is 3.55. The van der Waals surface area contributed by atoms with E-state index in [-0.39, 0.29) is 11.8 Å². The molecule has 1 saturated carbocycles. The molecule has 27 heavy (non-hydrogen) atoms. The van der Waals surface area contributed by atoms with Crippen molar-refractivity contribution in [2.24, 2.45) is 11.8 Å². The summed E-state index contributed by atoms with van der Waals surface area (Å²) in [7, 11) is 3.31. The zero-order chi connectivity index (χ0) is 19.2. The van der Waals surface area contributed by atoms with Gasteiger partial charge in [-0.05, 0) is 68.1 Å². The van der Waals surface area contributed by atoms with Crippen molar-refractivity contribution >= 4 is 5.91 Å². The fraction of sp³-hybridized carbons (Fsp3) is 0.682. The van der Waals surface area contributed by atoms with Gasteiger partial charge in [-0.25, -0.2) is 0 Å². The van der Waals surface area contributed by atoms with Gasteiger partial charge in [-0.3, -0.25) is 4.79 Å². The van der Waals surface area contributed by atoms with E-state index < -0.39 is 0 Å². The molecule has 0 N–H and O–H groups in total. The molecule has 3 rings (SSSR count). The SMILES string of the molecule is CCOCC1CCCN(C(=O)CC(c2ccc(OC)c(OC)c2)C2CC2)C1. The minimum atomic E-state index is 0.268. The number of methoxy groups -OCH3 is 2. The number of amides is 1. The zero-order valence-corrected chi connectivity index (χ0v) is 16.9. The second kappa shape index (κ2) is 9.45. The Balaban J connectivity index is 1.67. The molecule has 1 aliphatic carbocycles. The van der Waals surface area contributed by atoms with Crippen LogP contribution < -0.4 is 9.47 Å². The Bertz CT molecular complexity index is 629. The fourth-order valence-corrected chi connectivity index (χ4v) is 4.17. The largest absolute Gasteiger partial charge is 0.493 e. The van der Waals surface area contributed by atoms with Crippen LogP contribution in [0.25, 0.3) is 0 Å². The summed E-state index contributed by atoms with van der Waals surface area (Å²) in [5.41, 5.74) is 1.19. The molecule has 5 nitrogen and oxygen atoms in total. The van der Waals surface area contributed by atoms with Crippen molar-refractivity contribution in [3.8, 4) is 11.5 Å². The van der Waals surface area contributed by atoms with Gasteiger partial charge in [0, 0.05) is 26.1 Å². The van der Waals surface area contributed by atoms with E-state index in [0.717, 1.165) is 50.6 Å². The maximum atomic E-state index is 13.0. The molecule has 2 aliphatic rings.